The van der Waals surface area contributed by atoms with Gasteiger partial charge in [0.05, 0.1) is 23.2 Å². The maximum absolute atomic E-state index is 11.9. The topological polar surface area (TPSA) is 95.7 Å². The van der Waals surface area contributed by atoms with E-state index in [1.165, 1.54) is 55.6 Å². The number of nitrogens with zero attached hydrogens (tertiary/aromatic N) is 1. The van der Waals surface area contributed by atoms with E-state index >= 15 is 0 Å². The molecule has 2 aromatic carbocycles. The zero-order chi connectivity index (χ0) is 16.1. The Balaban J connectivity index is 2.08. The molecular weight excluding hydrogens is 290 g/mol. The molecule has 0 N–H and O–H groups in total. The Morgan fingerprint density at radius 3 is 1.86 bits per heavy atom. The Morgan fingerprint density at radius 1 is 0.909 bits per heavy atom. The zero-order valence-corrected chi connectivity index (χ0v) is 11.5. The number of carbonyl (C=O) groups is 2. The van der Waals surface area contributed by atoms with Crippen molar-refractivity contribution in [1.82, 2.24) is 0 Å². The summed E-state index contributed by atoms with van der Waals surface area (Å²) in [6.07, 6.45) is 0. The molecule has 0 saturated carbocycles. The third-order valence-electron chi connectivity index (χ3n) is 2.80. The van der Waals surface area contributed by atoms with Crippen LogP contribution in [0.1, 0.15) is 20.7 Å². The minimum atomic E-state index is -0.634. The number of hydrogen-bond donors (Lipinski definition) is 0. The molecule has 22 heavy (non-hydrogen) atoms. The van der Waals surface area contributed by atoms with E-state index in [0.717, 1.165) is 0 Å². The number of nitro groups is 1. The standard InChI is InChI=1S/C15H11NO6/c1-21-14(17)10-2-4-11(5-3-10)15(18)22-13-8-6-12(7-9-13)16(19)20/h2-9H,1H3. The molecule has 7 nitrogen and oxygen atoms in total. The highest BCUT2D eigenvalue weighted by atomic mass is 16.6. The lowest BCUT2D eigenvalue weighted by Crippen LogP contribution is -2.09. The van der Waals surface area contributed by atoms with Gasteiger partial charge in [-0.05, 0) is 36.4 Å². The fourth-order valence-corrected chi connectivity index (χ4v) is 1.66. The average molecular weight is 301 g/mol. The van der Waals surface area contributed by atoms with Crippen LogP contribution in [-0.2, 0) is 4.74 Å². The van der Waals surface area contributed by atoms with Crippen molar-refractivity contribution in [2.24, 2.45) is 0 Å². The van der Waals surface area contributed by atoms with Crippen LogP contribution in [0.15, 0.2) is 48.5 Å². The van der Waals surface area contributed by atoms with Crippen molar-refractivity contribution in [3.8, 4) is 5.75 Å². The van der Waals surface area contributed by atoms with Crippen LogP contribution in [-0.4, -0.2) is 24.0 Å². The van der Waals surface area contributed by atoms with Gasteiger partial charge in [0, 0.05) is 12.1 Å². The molecule has 0 aliphatic carbocycles. The highest BCUT2D eigenvalue weighted by Crippen LogP contribution is 2.18. The number of hydrogen-bond acceptors (Lipinski definition) is 6. The third-order valence-corrected chi connectivity index (χ3v) is 2.80. The van der Waals surface area contributed by atoms with Crippen LogP contribution in [0.4, 0.5) is 5.69 Å². The van der Waals surface area contributed by atoms with Gasteiger partial charge in [0.25, 0.3) is 5.69 Å². The number of nitro benzene ring substituents is 1. The molecule has 0 unspecified atom stereocenters. The van der Waals surface area contributed by atoms with E-state index in [4.69, 9.17) is 4.74 Å². The summed E-state index contributed by atoms with van der Waals surface area (Å²) in [7, 11) is 1.26. The molecule has 112 valence electrons. The van der Waals surface area contributed by atoms with Gasteiger partial charge < -0.3 is 9.47 Å². The number of rotatable bonds is 4. The molecule has 0 fully saturated rings. The van der Waals surface area contributed by atoms with Crippen LogP contribution in [0.25, 0.3) is 0 Å². The summed E-state index contributed by atoms with van der Waals surface area (Å²) in [5, 5.41) is 10.5. The summed E-state index contributed by atoms with van der Waals surface area (Å²) in [5.74, 6) is -0.951. The summed E-state index contributed by atoms with van der Waals surface area (Å²) >= 11 is 0. The second-order valence-corrected chi connectivity index (χ2v) is 4.21. The third kappa shape index (κ3) is 3.45. The van der Waals surface area contributed by atoms with Crippen LogP contribution in [0.3, 0.4) is 0 Å². The Bertz CT molecular complexity index is 706. The Labute approximate surface area is 125 Å². The predicted octanol–water partition coefficient (Wildman–Crippen LogP) is 2.60. The molecule has 0 aliphatic rings. The first kappa shape index (κ1) is 15.2. The summed E-state index contributed by atoms with van der Waals surface area (Å²) in [4.78, 5) is 33.2. The summed E-state index contributed by atoms with van der Waals surface area (Å²) in [6, 6.07) is 10.9. The summed E-state index contributed by atoms with van der Waals surface area (Å²) in [5.41, 5.74) is 0.461. The van der Waals surface area contributed by atoms with Crippen LogP contribution in [0, 0.1) is 10.1 Å². The SMILES string of the molecule is COC(=O)c1ccc(C(=O)Oc2ccc([N+](=O)[O-])cc2)cc1. The molecule has 0 aromatic heterocycles. The van der Waals surface area contributed by atoms with Crippen molar-refractivity contribution < 1.29 is 24.0 Å². The highest BCUT2D eigenvalue weighted by molar-refractivity contribution is 5.94. The average Bonchev–Trinajstić information content (AvgIpc) is 2.54. The quantitative estimate of drug-likeness (QED) is 0.373. The first-order valence-corrected chi connectivity index (χ1v) is 6.16. The first-order valence-electron chi connectivity index (χ1n) is 6.16. The van der Waals surface area contributed by atoms with Gasteiger partial charge in [-0.15, -0.1) is 0 Å². The Kier molecular flexibility index (Phi) is 4.47. The number of carbonyl (C=O) groups excluding carboxylic acids is 2. The van der Waals surface area contributed by atoms with Crippen molar-refractivity contribution in [2.75, 3.05) is 7.11 Å². The molecule has 0 amide bonds. The van der Waals surface area contributed by atoms with Crippen LogP contribution >= 0.6 is 0 Å². The molecule has 0 spiro atoms. The van der Waals surface area contributed by atoms with E-state index < -0.39 is 16.9 Å². The van der Waals surface area contributed by atoms with Crippen molar-refractivity contribution in [3.63, 3.8) is 0 Å². The van der Waals surface area contributed by atoms with E-state index in [0.29, 0.717) is 5.56 Å². The van der Waals surface area contributed by atoms with Gasteiger partial charge in [-0.25, -0.2) is 9.59 Å². The Hall–Kier alpha value is -3.22. The maximum Gasteiger partial charge on any atom is 0.343 e. The lowest BCUT2D eigenvalue weighted by molar-refractivity contribution is -0.384. The smallest absolute Gasteiger partial charge is 0.343 e. The number of esters is 2. The minimum Gasteiger partial charge on any atom is -0.465 e. The van der Waals surface area contributed by atoms with Gasteiger partial charge in [-0.1, -0.05) is 0 Å². The molecule has 0 aliphatic heterocycles. The van der Waals surface area contributed by atoms with Crippen molar-refractivity contribution >= 4 is 17.6 Å². The van der Waals surface area contributed by atoms with Gasteiger partial charge in [0.15, 0.2) is 0 Å². The second kappa shape index (κ2) is 6.49. The molecule has 0 radical (unpaired) electrons. The second-order valence-electron chi connectivity index (χ2n) is 4.21. The van der Waals surface area contributed by atoms with E-state index in [-0.39, 0.29) is 17.0 Å². The van der Waals surface area contributed by atoms with Gasteiger partial charge in [-0.3, -0.25) is 10.1 Å². The van der Waals surface area contributed by atoms with E-state index in [1.54, 1.807) is 0 Å². The van der Waals surface area contributed by atoms with Crippen molar-refractivity contribution in [3.05, 3.63) is 69.8 Å². The summed E-state index contributed by atoms with van der Waals surface area (Å²) in [6.45, 7) is 0. The lowest BCUT2D eigenvalue weighted by atomic mass is 10.1. The number of methoxy groups -OCH3 is 1. The van der Waals surface area contributed by atoms with Crippen molar-refractivity contribution in [1.29, 1.82) is 0 Å². The van der Waals surface area contributed by atoms with Gasteiger partial charge in [0.1, 0.15) is 5.75 Å². The van der Waals surface area contributed by atoms with E-state index in [9.17, 15) is 19.7 Å². The zero-order valence-electron chi connectivity index (χ0n) is 11.5. The molecular formula is C15H11NO6. The minimum absolute atomic E-state index is 0.0952. The van der Waals surface area contributed by atoms with Crippen LogP contribution < -0.4 is 4.74 Å². The molecule has 7 heteroatoms. The largest absolute Gasteiger partial charge is 0.465 e. The van der Waals surface area contributed by atoms with Crippen molar-refractivity contribution in [2.45, 2.75) is 0 Å². The highest BCUT2D eigenvalue weighted by Gasteiger charge is 2.12. The Morgan fingerprint density at radius 2 is 1.41 bits per heavy atom. The van der Waals surface area contributed by atoms with E-state index in [2.05, 4.69) is 4.74 Å². The fourth-order valence-electron chi connectivity index (χ4n) is 1.66. The summed E-state index contributed by atoms with van der Waals surface area (Å²) < 4.78 is 9.64. The predicted molar refractivity (Wildman–Crippen MR) is 75.8 cm³/mol. The molecule has 0 heterocycles. The maximum atomic E-state index is 11.9. The van der Waals surface area contributed by atoms with Gasteiger partial charge >= 0.3 is 11.9 Å². The molecule has 0 bridgehead atoms. The van der Waals surface area contributed by atoms with Crippen LogP contribution in [0.5, 0.6) is 5.75 Å². The number of non-ortho nitro benzene ring substituents is 1. The van der Waals surface area contributed by atoms with Crippen LogP contribution in [0.2, 0.25) is 0 Å². The fraction of sp³-hybridized carbons (Fsp3) is 0.0667. The molecule has 2 rings (SSSR count). The molecule has 0 atom stereocenters. The van der Waals surface area contributed by atoms with Gasteiger partial charge in [0.2, 0.25) is 0 Å². The molecule has 2 aromatic rings. The molecule has 0 saturated heterocycles. The number of ether oxygens (including phenoxy) is 2. The first-order chi connectivity index (χ1) is 10.5. The van der Waals surface area contributed by atoms with E-state index in [1.807, 2.05) is 0 Å². The number of benzene rings is 2. The lowest BCUT2D eigenvalue weighted by Gasteiger charge is -2.05. The monoisotopic (exact) mass is 301 g/mol. The normalized spacial score (nSPS) is 9.86. The van der Waals surface area contributed by atoms with Gasteiger partial charge in [-0.2, -0.15) is 0 Å².